The van der Waals surface area contributed by atoms with E-state index in [0.29, 0.717) is 6.42 Å². The summed E-state index contributed by atoms with van der Waals surface area (Å²) in [5.41, 5.74) is 2.74. The number of carboxylic acid groups (broad SMARTS) is 1. The fourth-order valence-corrected chi connectivity index (χ4v) is 2.72. The van der Waals surface area contributed by atoms with Gasteiger partial charge in [0.2, 0.25) is 0 Å². The highest BCUT2D eigenvalue weighted by molar-refractivity contribution is 5.76. The molecule has 2 N–H and O–H groups in total. The molecular formula is C20H22O3. The van der Waals surface area contributed by atoms with Gasteiger partial charge in [-0.1, -0.05) is 72.3 Å². The highest BCUT2D eigenvalue weighted by Crippen LogP contribution is 2.28. The first-order valence-corrected chi connectivity index (χ1v) is 7.73. The quantitative estimate of drug-likeness (QED) is 0.814. The Morgan fingerprint density at radius 2 is 1.61 bits per heavy atom. The van der Waals surface area contributed by atoms with Crippen molar-refractivity contribution in [3.05, 3.63) is 77.4 Å². The van der Waals surface area contributed by atoms with Crippen molar-refractivity contribution in [2.24, 2.45) is 5.92 Å². The predicted octanol–water partition coefficient (Wildman–Crippen LogP) is 3.96. The average Bonchev–Trinajstić information content (AvgIpc) is 2.57. The summed E-state index contributed by atoms with van der Waals surface area (Å²) in [4.78, 5) is 11.7. The van der Waals surface area contributed by atoms with Crippen molar-refractivity contribution in [1.82, 2.24) is 0 Å². The molecule has 0 aliphatic rings. The van der Waals surface area contributed by atoms with Crippen molar-refractivity contribution in [2.75, 3.05) is 6.61 Å². The molecule has 3 heteroatoms. The number of carboxylic acids is 1. The molecule has 0 aromatic heterocycles. The van der Waals surface area contributed by atoms with E-state index in [0.717, 1.165) is 16.7 Å². The lowest BCUT2D eigenvalue weighted by molar-refractivity contribution is -0.140. The molecule has 23 heavy (non-hydrogen) atoms. The molecule has 0 spiro atoms. The van der Waals surface area contributed by atoms with Gasteiger partial charge >= 0.3 is 5.97 Å². The molecule has 2 aromatic carbocycles. The number of aliphatic hydroxyl groups excluding tert-OH is 1. The number of aliphatic hydroxyl groups is 1. The van der Waals surface area contributed by atoms with Crippen LogP contribution in [0.2, 0.25) is 0 Å². The Labute approximate surface area is 136 Å². The molecule has 0 bridgehead atoms. The second kappa shape index (κ2) is 8.30. The van der Waals surface area contributed by atoms with Gasteiger partial charge in [-0.2, -0.15) is 0 Å². The molecule has 120 valence electrons. The number of hydrogen-bond donors (Lipinski definition) is 2. The van der Waals surface area contributed by atoms with Crippen LogP contribution in [0.15, 0.2) is 66.2 Å². The lowest BCUT2D eigenvalue weighted by atomic mass is 9.85. The fraction of sp³-hybridized carbons (Fsp3) is 0.250. The van der Waals surface area contributed by atoms with Gasteiger partial charge in [0.15, 0.2) is 0 Å². The van der Waals surface area contributed by atoms with E-state index in [1.165, 1.54) is 0 Å². The van der Waals surface area contributed by atoms with Gasteiger partial charge in [-0.25, -0.2) is 0 Å². The number of benzene rings is 2. The predicted molar refractivity (Wildman–Crippen MR) is 92.1 cm³/mol. The smallest absolute Gasteiger partial charge is 0.310 e. The van der Waals surface area contributed by atoms with Gasteiger partial charge in [0, 0.05) is 12.5 Å². The Hall–Kier alpha value is -2.39. The minimum Gasteiger partial charge on any atom is -0.481 e. The van der Waals surface area contributed by atoms with Crippen LogP contribution in [-0.2, 0) is 4.79 Å². The third-order valence-corrected chi connectivity index (χ3v) is 4.05. The topological polar surface area (TPSA) is 57.5 Å². The summed E-state index contributed by atoms with van der Waals surface area (Å²) in [7, 11) is 0. The zero-order chi connectivity index (χ0) is 16.7. The summed E-state index contributed by atoms with van der Waals surface area (Å²) >= 11 is 0. The molecule has 0 aliphatic heterocycles. The molecular weight excluding hydrogens is 288 g/mol. The van der Waals surface area contributed by atoms with Gasteiger partial charge in [-0.05, 0) is 24.5 Å². The molecule has 0 aliphatic carbocycles. The van der Waals surface area contributed by atoms with E-state index in [4.69, 9.17) is 0 Å². The number of carbonyl (C=O) groups is 1. The largest absolute Gasteiger partial charge is 0.481 e. The maximum absolute atomic E-state index is 11.7. The van der Waals surface area contributed by atoms with Crippen molar-refractivity contribution in [3.8, 4) is 0 Å². The van der Waals surface area contributed by atoms with E-state index in [9.17, 15) is 15.0 Å². The number of aliphatic carboxylic acids is 1. The van der Waals surface area contributed by atoms with E-state index in [2.05, 4.69) is 0 Å². The summed E-state index contributed by atoms with van der Waals surface area (Å²) < 4.78 is 0. The Bertz CT molecular complexity index is 647. The van der Waals surface area contributed by atoms with Crippen molar-refractivity contribution >= 4 is 12.0 Å². The van der Waals surface area contributed by atoms with Crippen LogP contribution in [0.1, 0.15) is 30.4 Å². The first-order valence-electron chi connectivity index (χ1n) is 7.73. The molecule has 0 radical (unpaired) electrons. The SMILES string of the molecule is C/C(=C\c1ccccc1)[C@@H](C[C@H](CO)c1ccccc1)C(=O)O. The summed E-state index contributed by atoms with van der Waals surface area (Å²) in [5, 5.41) is 19.3. The van der Waals surface area contributed by atoms with Crippen molar-refractivity contribution in [3.63, 3.8) is 0 Å². The van der Waals surface area contributed by atoms with Crippen molar-refractivity contribution in [1.29, 1.82) is 0 Å². The van der Waals surface area contributed by atoms with Gasteiger partial charge in [-0.3, -0.25) is 4.79 Å². The molecule has 0 amide bonds. The Balaban J connectivity index is 2.21. The highest BCUT2D eigenvalue weighted by Gasteiger charge is 2.24. The maximum Gasteiger partial charge on any atom is 0.310 e. The lowest BCUT2D eigenvalue weighted by Crippen LogP contribution is -2.20. The van der Waals surface area contributed by atoms with E-state index >= 15 is 0 Å². The molecule has 0 heterocycles. The standard InChI is InChI=1S/C20H22O3/c1-15(12-16-8-4-2-5-9-16)19(20(22)23)13-18(14-21)17-10-6-3-7-11-17/h2-12,18-19,21H,13-14H2,1H3,(H,22,23)/b15-12+/t18-,19-/m1/s1. The highest BCUT2D eigenvalue weighted by atomic mass is 16.4. The van der Waals surface area contributed by atoms with E-state index in [-0.39, 0.29) is 12.5 Å². The maximum atomic E-state index is 11.7. The van der Waals surface area contributed by atoms with E-state index in [1.807, 2.05) is 73.7 Å². The number of hydrogen-bond acceptors (Lipinski definition) is 2. The summed E-state index contributed by atoms with van der Waals surface area (Å²) in [5.74, 6) is -1.66. The zero-order valence-electron chi connectivity index (χ0n) is 13.2. The summed E-state index contributed by atoms with van der Waals surface area (Å²) in [6, 6.07) is 19.2. The van der Waals surface area contributed by atoms with E-state index in [1.54, 1.807) is 0 Å². The average molecular weight is 310 g/mol. The third-order valence-electron chi connectivity index (χ3n) is 4.05. The molecule has 0 saturated carbocycles. The van der Waals surface area contributed by atoms with Crippen molar-refractivity contribution in [2.45, 2.75) is 19.3 Å². The second-order valence-electron chi connectivity index (χ2n) is 5.72. The van der Waals surface area contributed by atoms with Crippen molar-refractivity contribution < 1.29 is 15.0 Å². The first kappa shape index (κ1) is 17.0. The van der Waals surface area contributed by atoms with Crippen LogP contribution in [0.25, 0.3) is 6.08 Å². The van der Waals surface area contributed by atoms with Gasteiger partial charge in [0.25, 0.3) is 0 Å². The van der Waals surface area contributed by atoms with Gasteiger partial charge in [-0.15, -0.1) is 0 Å². The molecule has 0 unspecified atom stereocenters. The molecule has 3 nitrogen and oxygen atoms in total. The van der Waals surface area contributed by atoms with Crippen LogP contribution in [0.4, 0.5) is 0 Å². The molecule has 0 fully saturated rings. The molecule has 0 saturated heterocycles. The zero-order valence-corrected chi connectivity index (χ0v) is 13.2. The minimum absolute atomic E-state index is 0.0631. The van der Waals surface area contributed by atoms with Crippen LogP contribution in [0.5, 0.6) is 0 Å². The van der Waals surface area contributed by atoms with Crippen LogP contribution in [-0.4, -0.2) is 22.8 Å². The van der Waals surface area contributed by atoms with Crippen LogP contribution in [0.3, 0.4) is 0 Å². The molecule has 2 atom stereocenters. The lowest BCUT2D eigenvalue weighted by Gasteiger charge is -2.20. The third kappa shape index (κ3) is 4.80. The Morgan fingerprint density at radius 1 is 1.04 bits per heavy atom. The Morgan fingerprint density at radius 3 is 2.13 bits per heavy atom. The van der Waals surface area contributed by atoms with Crippen LogP contribution >= 0.6 is 0 Å². The Kier molecular flexibility index (Phi) is 6.12. The summed E-state index contributed by atoms with van der Waals surface area (Å²) in [6.07, 6.45) is 2.28. The first-order chi connectivity index (χ1) is 11.1. The second-order valence-corrected chi connectivity index (χ2v) is 5.72. The number of rotatable bonds is 7. The van der Waals surface area contributed by atoms with Crippen LogP contribution < -0.4 is 0 Å². The van der Waals surface area contributed by atoms with E-state index < -0.39 is 11.9 Å². The summed E-state index contributed by atoms with van der Waals surface area (Å²) in [6.45, 7) is 1.78. The van der Waals surface area contributed by atoms with Crippen LogP contribution in [0, 0.1) is 5.92 Å². The molecule has 2 aromatic rings. The van der Waals surface area contributed by atoms with Gasteiger partial charge < -0.3 is 10.2 Å². The van der Waals surface area contributed by atoms with Gasteiger partial charge in [0.05, 0.1) is 5.92 Å². The van der Waals surface area contributed by atoms with Gasteiger partial charge in [0.1, 0.15) is 0 Å². The monoisotopic (exact) mass is 310 g/mol. The normalized spacial score (nSPS) is 14.3. The minimum atomic E-state index is -0.857. The fourth-order valence-electron chi connectivity index (χ4n) is 2.72. The molecule has 2 rings (SSSR count).